The summed E-state index contributed by atoms with van der Waals surface area (Å²) in [5.41, 5.74) is 0. The summed E-state index contributed by atoms with van der Waals surface area (Å²) in [5.74, 6) is 0. The number of methoxy groups -OCH3 is 1. The van der Waals surface area contributed by atoms with Crippen molar-refractivity contribution in [2.75, 3.05) is 13.7 Å². The Kier molecular flexibility index (Phi) is 9.66. The lowest BCUT2D eigenvalue weighted by Crippen LogP contribution is -2.63. The van der Waals surface area contributed by atoms with E-state index in [4.69, 9.17) is 18.9 Å². The first kappa shape index (κ1) is 21.1. The van der Waals surface area contributed by atoms with Gasteiger partial charge in [-0.05, 0) is 12.8 Å². The van der Waals surface area contributed by atoms with Crippen molar-refractivity contribution in [3.05, 3.63) is 0 Å². The molecule has 0 saturated carbocycles. The summed E-state index contributed by atoms with van der Waals surface area (Å²) in [6.45, 7) is 2.60. The first-order valence-corrected chi connectivity index (χ1v) is 9.98. The van der Waals surface area contributed by atoms with Gasteiger partial charge >= 0.3 is 0 Å². The van der Waals surface area contributed by atoms with Crippen molar-refractivity contribution in [1.82, 2.24) is 0 Å². The Morgan fingerprint density at radius 1 is 0.880 bits per heavy atom. The van der Waals surface area contributed by atoms with Gasteiger partial charge in [-0.1, -0.05) is 58.3 Å². The number of rotatable bonds is 11. The Hall–Kier alpha value is -0.240. The van der Waals surface area contributed by atoms with E-state index in [1.54, 1.807) is 0 Å². The predicted octanol–water partition coefficient (Wildman–Crippen LogP) is 2.74. The summed E-state index contributed by atoms with van der Waals surface area (Å²) in [5, 5.41) is 20.2. The fourth-order valence-electron chi connectivity index (χ4n) is 3.59. The largest absolute Gasteiger partial charge is 0.387 e. The number of ether oxygens (including phenoxy) is 4. The maximum atomic E-state index is 10.2. The molecule has 0 radical (unpaired) electrons. The van der Waals surface area contributed by atoms with Crippen LogP contribution in [0.4, 0.5) is 0 Å². The number of hydrogen-bond acceptors (Lipinski definition) is 6. The molecule has 0 aromatic rings. The Labute approximate surface area is 151 Å². The molecule has 25 heavy (non-hydrogen) atoms. The van der Waals surface area contributed by atoms with Crippen LogP contribution in [0.1, 0.15) is 71.1 Å². The van der Waals surface area contributed by atoms with E-state index in [-0.39, 0.29) is 6.29 Å². The highest BCUT2D eigenvalue weighted by molar-refractivity contribution is 4.92. The lowest BCUT2D eigenvalue weighted by molar-refractivity contribution is -0.356. The van der Waals surface area contributed by atoms with E-state index in [9.17, 15) is 10.2 Å². The first-order valence-electron chi connectivity index (χ1n) is 9.98. The highest BCUT2D eigenvalue weighted by Gasteiger charge is 2.48. The second-order valence-corrected chi connectivity index (χ2v) is 7.24. The fraction of sp³-hybridized carbons (Fsp3) is 1.00. The molecule has 2 fully saturated rings. The predicted molar refractivity (Wildman–Crippen MR) is 94.1 cm³/mol. The smallest absolute Gasteiger partial charge is 0.186 e. The first-order chi connectivity index (χ1) is 12.2. The zero-order valence-corrected chi connectivity index (χ0v) is 15.8. The molecule has 2 aliphatic heterocycles. The van der Waals surface area contributed by atoms with E-state index in [1.165, 1.54) is 58.5 Å². The number of aliphatic hydroxyl groups excluding tert-OH is 2. The maximum Gasteiger partial charge on any atom is 0.186 e. The quantitative estimate of drug-likeness (QED) is 0.552. The molecular weight excluding hydrogens is 324 g/mol. The van der Waals surface area contributed by atoms with Crippen LogP contribution in [0.2, 0.25) is 0 Å². The maximum absolute atomic E-state index is 10.2. The van der Waals surface area contributed by atoms with Crippen molar-refractivity contribution in [2.45, 2.75) is 108 Å². The molecule has 0 bridgehead atoms. The molecule has 2 rings (SSSR count). The van der Waals surface area contributed by atoms with Crippen LogP contribution in [0.5, 0.6) is 0 Å². The Morgan fingerprint density at radius 2 is 1.52 bits per heavy atom. The van der Waals surface area contributed by atoms with Crippen molar-refractivity contribution in [3.8, 4) is 0 Å². The van der Waals surface area contributed by atoms with Gasteiger partial charge in [0.05, 0.1) is 6.61 Å². The van der Waals surface area contributed by atoms with E-state index in [1.807, 2.05) is 0 Å². The zero-order chi connectivity index (χ0) is 18.1. The van der Waals surface area contributed by atoms with Gasteiger partial charge in [-0.2, -0.15) is 0 Å². The van der Waals surface area contributed by atoms with Gasteiger partial charge in [-0.3, -0.25) is 0 Å². The summed E-state index contributed by atoms with van der Waals surface area (Å²) in [6, 6.07) is 0. The monoisotopic (exact) mass is 360 g/mol. The van der Waals surface area contributed by atoms with E-state index >= 15 is 0 Å². The van der Waals surface area contributed by atoms with Crippen LogP contribution in [-0.2, 0) is 18.9 Å². The summed E-state index contributed by atoms with van der Waals surface area (Å²) >= 11 is 0. The number of hydrogen-bond donors (Lipinski definition) is 2. The normalized spacial score (nSPS) is 35.5. The Morgan fingerprint density at radius 3 is 2.16 bits per heavy atom. The minimum Gasteiger partial charge on any atom is -0.387 e. The van der Waals surface area contributed by atoms with Gasteiger partial charge in [-0.15, -0.1) is 0 Å². The van der Waals surface area contributed by atoms with Crippen LogP contribution in [0, 0.1) is 0 Å². The van der Waals surface area contributed by atoms with Gasteiger partial charge in [0.15, 0.2) is 12.6 Å². The third-order valence-electron chi connectivity index (χ3n) is 5.17. The Bertz CT molecular complexity index is 351. The third kappa shape index (κ3) is 6.45. The average Bonchev–Trinajstić information content (AvgIpc) is 2.63. The molecule has 0 aromatic carbocycles. The molecule has 0 spiro atoms. The molecule has 6 atom stereocenters. The van der Waals surface area contributed by atoms with E-state index in [2.05, 4.69) is 6.92 Å². The molecule has 6 heteroatoms. The van der Waals surface area contributed by atoms with Crippen molar-refractivity contribution in [2.24, 2.45) is 0 Å². The second kappa shape index (κ2) is 11.5. The van der Waals surface area contributed by atoms with Crippen LogP contribution in [0.15, 0.2) is 0 Å². The minimum atomic E-state index is -1.10. The number of aliphatic hydroxyl groups is 2. The summed E-state index contributed by atoms with van der Waals surface area (Å²) < 4.78 is 22.2. The van der Waals surface area contributed by atoms with Crippen LogP contribution >= 0.6 is 0 Å². The highest BCUT2D eigenvalue weighted by atomic mass is 16.7. The van der Waals surface area contributed by atoms with Crippen LogP contribution < -0.4 is 0 Å². The van der Waals surface area contributed by atoms with E-state index < -0.39 is 30.7 Å². The van der Waals surface area contributed by atoms with Gasteiger partial charge < -0.3 is 29.2 Å². The van der Waals surface area contributed by atoms with Crippen molar-refractivity contribution >= 4 is 0 Å². The van der Waals surface area contributed by atoms with Crippen molar-refractivity contribution in [3.63, 3.8) is 0 Å². The van der Waals surface area contributed by atoms with Gasteiger partial charge in [0.25, 0.3) is 0 Å². The van der Waals surface area contributed by atoms with Crippen LogP contribution in [-0.4, -0.2) is 60.9 Å². The molecule has 6 nitrogen and oxygen atoms in total. The summed E-state index contributed by atoms with van der Waals surface area (Å²) in [6.07, 6.45) is 8.08. The number of fused-ring (bicyclic) bond motifs is 1. The van der Waals surface area contributed by atoms with Crippen molar-refractivity contribution < 1.29 is 29.2 Å². The molecule has 2 aliphatic rings. The molecule has 0 amide bonds. The standard InChI is InChI=1S/C19H36O6/c1-3-4-5-6-7-8-9-10-11-12-15-23-13-14-18(25-15)16(20)17(21)19(22-2)24-14/h14-21H,3-13H2,1-2H3/t14?,15?,16-,17?,18-,19+/m1/s1. The third-order valence-corrected chi connectivity index (χ3v) is 5.17. The zero-order valence-electron chi connectivity index (χ0n) is 15.8. The molecule has 0 aromatic heterocycles. The number of unbranched alkanes of at least 4 members (excludes halogenated alkanes) is 8. The van der Waals surface area contributed by atoms with E-state index in [0.29, 0.717) is 6.61 Å². The molecule has 0 aliphatic carbocycles. The van der Waals surface area contributed by atoms with Gasteiger partial charge in [-0.25, -0.2) is 0 Å². The highest BCUT2D eigenvalue weighted by Crippen LogP contribution is 2.30. The lowest BCUT2D eigenvalue weighted by Gasteiger charge is -2.45. The molecular formula is C19H36O6. The molecule has 148 valence electrons. The molecule has 2 heterocycles. The van der Waals surface area contributed by atoms with Crippen molar-refractivity contribution in [1.29, 1.82) is 0 Å². The van der Waals surface area contributed by atoms with E-state index in [0.717, 1.165) is 12.8 Å². The second-order valence-electron chi connectivity index (χ2n) is 7.24. The summed E-state index contributed by atoms with van der Waals surface area (Å²) in [4.78, 5) is 0. The van der Waals surface area contributed by atoms with Crippen LogP contribution in [0.25, 0.3) is 0 Å². The van der Waals surface area contributed by atoms with Gasteiger partial charge in [0.2, 0.25) is 0 Å². The molecule has 3 unspecified atom stereocenters. The molecule has 2 N–H and O–H groups in total. The average molecular weight is 360 g/mol. The van der Waals surface area contributed by atoms with Crippen LogP contribution in [0.3, 0.4) is 0 Å². The molecule has 2 saturated heterocycles. The lowest BCUT2D eigenvalue weighted by atomic mass is 9.98. The topological polar surface area (TPSA) is 77.4 Å². The Balaban J connectivity index is 1.58. The van der Waals surface area contributed by atoms with Gasteiger partial charge in [0, 0.05) is 7.11 Å². The SMILES string of the molecule is CCCCCCCCCCCC1OCC2O[C@H](OC)C(O)[C@@H](O)[C@@H]2O1. The van der Waals surface area contributed by atoms with Gasteiger partial charge in [0.1, 0.15) is 24.4 Å². The fourth-order valence-corrected chi connectivity index (χ4v) is 3.59. The summed E-state index contributed by atoms with van der Waals surface area (Å²) in [7, 11) is 1.44. The minimum absolute atomic E-state index is 0.324.